The molecule has 106 valence electrons. The van der Waals surface area contributed by atoms with Crippen molar-refractivity contribution in [1.29, 1.82) is 0 Å². The zero-order valence-electron chi connectivity index (χ0n) is 11.1. The van der Waals surface area contributed by atoms with Gasteiger partial charge in [-0.05, 0) is 30.2 Å². The molecule has 1 amide bonds. The van der Waals surface area contributed by atoms with E-state index in [9.17, 15) is 13.2 Å². The van der Waals surface area contributed by atoms with Gasteiger partial charge in [-0.3, -0.25) is 10.2 Å². The third kappa shape index (κ3) is 4.88. The summed E-state index contributed by atoms with van der Waals surface area (Å²) in [5.41, 5.74) is 2.17. The Morgan fingerprint density at radius 1 is 1.26 bits per heavy atom. The average Bonchev–Trinajstić information content (AvgIpc) is 2.36. The highest BCUT2D eigenvalue weighted by Crippen LogP contribution is 2.14. The highest BCUT2D eigenvalue weighted by Gasteiger charge is 2.15. The van der Waals surface area contributed by atoms with Crippen molar-refractivity contribution in [3.63, 3.8) is 0 Å². The monoisotopic (exact) mass is 286 g/mol. The molecule has 6 nitrogen and oxygen atoms in total. The molecule has 1 aromatic rings. The number of carbonyl (C=O) groups excluding carboxylic acids is 1. The number of hydrogen-bond donors (Lipinski definition) is 2. The first-order valence-electron chi connectivity index (χ1n) is 5.80. The molecular weight excluding hydrogens is 268 g/mol. The van der Waals surface area contributed by atoms with Crippen LogP contribution in [0.25, 0.3) is 0 Å². The number of nitrogens with one attached hydrogen (secondary N) is 2. The number of methoxy groups -OCH3 is 1. The number of sulfonamides is 1. The van der Waals surface area contributed by atoms with Gasteiger partial charge < -0.3 is 4.74 Å². The van der Waals surface area contributed by atoms with Crippen molar-refractivity contribution >= 4 is 15.9 Å². The van der Waals surface area contributed by atoms with Crippen molar-refractivity contribution in [2.24, 2.45) is 5.92 Å². The lowest BCUT2D eigenvalue weighted by atomic mass is 10.1. The Balaban J connectivity index is 2.67. The molecule has 19 heavy (non-hydrogen) atoms. The maximum Gasteiger partial charge on any atom is 0.257 e. The van der Waals surface area contributed by atoms with Crippen LogP contribution in [0.4, 0.5) is 0 Å². The molecule has 1 rings (SSSR count). The van der Waals surface area contributed by atoms with Crippen molar-refractivity contribution in [3.8, 4) is 5.75 Å². The molecule has 0 heterocycles. The van der Waals surface area contributed by atoms with Crippen molar-refractivity contribution in [2.45, 2.75) is 25.2 Å². The van der Waals surface area contributed by atoms with E-state index in [1.54, 1.807) is 0 Å². The molecular formula is C12H18N2O4S. The standard InChI is InChI=1S/C12H18N2O4S/c1-9(2)8-12(15)13-14-19(16,17)11-6-4-10(18-3)5-7-11/h4-7,9,14H,8H2,1-3H3,(H,13,15). The number of carbonyl (C=O) groups is 1. The second-order valence-electron chi connectivity index (χ2n) is 4.43. The lowest BCUT2D eigenvalue weighted by molar-refractivity contribution is -0.122. The Bertz CT molecular complexity index is 523. The Morgan fingerprint density at radius 3 is 2.32 bits per heavy atom. The molecule has 0 aromatic heterocycles. The van der Waals surface area contributed by atoms with Gasteiger partial charge in [0, 0.05) is 6.42 Å². The lowest BCUT2D eigenvalue weighted by Crippen LogP contribution is -2.41. The van der Waals surface area contributed by atoms with E-state index in [4.69, 9.17) is 4.74 Å². The highest BCUT2D eigenvalue weighted by molar-refractivity contribution is 7.89. The van der Waals surface area contributed by atoms with Gasteiger partial charge in [0.2, 0.25) is 5.91 Å². The smallest absolute Gasteiger partial charge is 0.257 e. The van der Waals surface area contributed by atoms with E-state index in [-0.39, 0.29) is 23.1 Å². The molecule has 0 spiro atoms. The van der Waals surface area contributed by atoms with Gasteiger partial charge in [0.15, 0.2) is 0 Å². The fourth-order valence-electron chi connectivity index (χ4n) is 1.36. The first kappa shape index (κ1) is 15.5. The first-order valence-corrected chi connectivity index (χ1v) is 7.28. The number of hydrazine groups is 1. The SMILES string of the molecule is COc1ccc(S(=O)(=O)NNC(=O)CC(C)C)cc1. The molecule has 0 radical (unpaired) electrons. The van der Waals surface area contributed by atoms with E-state index in [2.05, 4.69) is 5.43 Å². The van der Waals surface area contributed by atoms with Gasteiger partial charge >= 0.3 is 0 Å². The normalized spacial score (nSPS) is 11.4. The summed E-state index contributed by atoms with van der Waals surface area (Å²) in [6.07, 6.45) is 0.255. The third-order valence-corrected chi connectivity index (χ3v) is 3.55. The van der Waals surface area contributed by atoms with Crippen LogP contribution in [0.15, 0.2) is 29.2 Å². The molecule has 0 aliphatic carbocycles. The van der Waals surface area contributed by atoms with Crippen LogP contribution < -0.4 is 15.0 Å². The molecule has 0 atom stereocenters. The van der Waals surface area contributed by atoms with Crippen molar-refractivity contribution < 1.29 is 17.9 Å². The van der Waals surface area contributed by atoms with Gasteiger partial charge in [-0.15, -0.1) is 4.83 Å². The van der Waals surface area contributed by atoms with Crippen molar-refractivity contribution in [3.05, 3.63) is 24.3 Å². The predicted octanol–water partition coefficient (Wildman–Crippen LogP) is 1.05. The second-order valence-corrected chi connectivity index (χ2v) is 6.11. The van der Waals surface area contributed by atoms with Crippen LogP contribution in [0.3, 0.4) is 0 Å². The maximum absolute atomic E-state index is 11.9. The molecule has 1 aromatic carbocycles. The third-order valence-electron chi connectivity index (χ3n) is 2.29. The summed E-state index contributed by atoms with van der Waals surface area (Å²) in [5, 5.41) is 0. The van der Waals surface area contributed by atoms with E-state index >= 15 is 0 Å². The Labute approximate surface area is 113 Å². The van der Waals surface area contributed by atoms with Crippen LogP contribution in [0.5, 0.6) is 5.75 Å². The van der Waals surface area contributed by atoms with E-state index in [1.807, 2.05) is 18.7 Å². The highest BCUT2D eigenvalue weighted by atomic mass is 32.2. The van der Waals surface area contributed by atoms with Crippen LogP contribution >= 0.6 is 0 Å². The maximum atomic E-state index is 11.9. The second kappa shape index (κ2) is 6.53. The molecule has 0 aliphatic rings. The van der Waals surface area contributed by atoms with Crippen molar-refractivity contribution in [2.75, 3.05) is 7.11 Å². The molecule has 0 fully saturated rings. The van der Waals surface area contributed by atoms with Gasteiger partial charge in [-0.2, -0.15) is 0 Å². The zero-order valence-corrected chi connectivity index (χ0v) is 12.0. The van der Waals surface area contributed by atoms with Crippen LogP contribution in [-0.4, -0.2) is 21.4 Å². The lowest BCUT2D eigenvalue weighted by Gasteiger charge is -2.10. The number of ether oxygens (including phenoxy) is 1. The summed E-state index contributed by atoms with van der Waals surface area (Å²) < 4.78 is 28.6. The van der Waals surface area contributed by atoms with Gasteiger partial charge in [-0.1, -0.05) is 13.8 Å². The molecule has 0 aliphatic heterocycles. The fraction of sp³-hybridized carbons (Fsp3) is 0.417. The summed E-state index contributed by atoms with van der Waals surface area (Å²) >= 11 is 0. The Hall–Kier alpha value is -1.60. The molecule has 0 saturated carbocycles. The molecule has 7 heteroatoms. The molecule has 0 unspecified atom stereocenters. The minimum absolute atomic E-state index is 0.0538. The van der Waals surface area contributed by atoms with E-state index in [0.29, 0.717) is 5.75 Å². The Morgan fingerprint density at radius 2 is 1.84 bits per heavy atom. The molecule has 0 bridgehead atoms. The minimum atomic E-state index is -3.75. The predicted molar refractivity (Wildman–Crippen MR) is 70.9 cm³/mol. The van der Waals surface area contributed by atoms with Crippen LogP contribution in [-0.2, 0) is 14.8 Å². The quantitative estimate of drug-likeness (QED) is 0.766. The first-order chi connectivity index (χ1) is 8.85. The van der Waals surface area contributed by atoms with Crippen molar-refractivity contribution in [1.82, 2.24) is 10.3 Å². The summed E-state index contributed by atoms with van der Waals surface area (Å²) in [6, 6.07) is 5.86. The zero-order chi connectivity index (χ0) is 14.5. The van der Waals surface area contributed by atoms with Gasteiger partial charge in [0.25, 0.3) is 10.0 Å². The minimum Gasteiger partial charge on any atom is -0.497 e. The summed E-state index contributed by atoms with van der Waals surface area (Å²) in [4.78, 5) is 13.5. The van der Waals surface area contributed by atoms with Gasteiger partial charge in [-0.25, -0.2) is 8.42 Å². The summed E-state index contributed by atoms with van der Waals surface area (Å²) in [7, 11) is -2.26. The number of hydrogen-bond acceptors (Lipinski definition) is 4. The number of benzene rings is 1. The van der Waals surface area contributed by atoms with Gasteiger partial charge in [0.05, 0.1) is 12.0 Å². The van der Waals surface area contributed by atoms with E-state index < -0.39 is 10.0 Å². The van der Waals surface area contributed by atoms with Crippen LogP contribution in [0.1, 0.15) is 20.3 Å². The van der Waals surface area contributed by atoms with E-state index in [1.165, 1.54) is 31.4 Å². The average molecular weight is 286 g/mol. The number of amides is 1. The topological polar surface area (TPSA) is 84.5 Å². The number of rotatable bonds is 6. The van der Waals surface area contributed by atoms with Gasteiger partial charge in [0.1, 0.15) is 5.75 Å². The van der Waals surface area contributed by atoms with Crippen LogP contribution in [0.2, 0.25) is 0 Å². The molecule has 2 N–H and O–H groups in total. The van der Waals surface area contributed by atoms with Crippen LogP contribution in [0, 0.1) is 5.92 Å². The van der Waals surface area contributed by atoms with E-state index in [0.717, 1.165) is 0 Å². The fourth-order valence-corrected chi connectivity index (χ4v) is 2.22. The molecule has 0 saturated heterocycles. The summed E-state index contributed by atoms with van der Waals surface area (Å²) in [5.74, 6) is 0.348. The largest absolute Gasteiger partial charge is 0.497 e. The Kier molecular flexibility index (Phi) is 5.31. The summed E-state index contributed by atoms with van der Waals surface area (Å²) in [6.45, 7) is 3.75.